The topological polar surface area (TPSA) is 35.2 Å². The van der Waals surface area contributed by atoms with Crippen LogP contribution in [0.4, 0.5) is 0 Å². The van der Waals surface area contributed by atoms with E-state index in [-0.39, 0.29) is 12.3 Å². The fourth-order valence-electron chi connectivity index (χ4n) is 1.12. The maximum atomic E-state index is 5.51. The number of hydrogen-bond donors (Lipinski definition) is 1. The summed E-state index contributed by atoms with van der Waals surface area (Å²) in [6.45, 7) is 3.83. The molecular weight excluding hydrogens is 150 g/mol. The lowest BCUT2D eigenvalue weighted by molar-refractivity contribution is 0.0110. The van der Waals surface area contributed by atoms with Crippen LogP contribution in [0.1, 0.15) is 25.5 Å². The molecule has 0 saturated carbocycles. The van der Waals surface area contributed by atoms with E-state index in [0.717, 1.165) is 5.56 Å². The van der Waals surface area contributed by atoms with Crippen LogP contribution in [0, 0.1) is 0 Å². The van der Waals surface area contributed by atoms with Crippen LogP contribution >= 0.6 is 0 Å². The fraction of sp³-hybridized carbons (Fsp3) is 0.400. The lowest BCUT2D eigenvalue weighted by Gasteiger charge is -2.15. The van der Waals surface area contributed by atoms with Crippen LogP contribution < -0.4 is 5.73 Å². The zero-order chi connectivity index (χ0) is 8.97. The van der Waals surface area contributed by atoms with Crippen LogP contribution in [0.2, 0.25) is 0 Å². The minimum Gasteiger partial charge on any atom is -0.356 e. The second-order valence-corrected chi connectivity index (χ2v) is 2.89. The molecule has 0 amide bonds. The van der Waals surface area contributed by atoms with Crippen molar-refractivity contribution in [3.05, 3.63) is 35.9 Å². The van der Waals surface area contributed by atoms with Gasteiger partial charge in [-0.2, -0.15) is 0 Å². The second-order valence-electron chi connectivity index (χ2n) is 2.89. The lowest BCUT2D eigenvalue weighted by Crippen LogP contribution is -2.20. The first-order valence-corrected chi connectivity index (χ1v) is 4.16. The average Bonchev–Trinajstić information content (AvgIpc) is 2.05. The second kappa shape index (κ2) is 4.24. The van der Waals surface area contributed by atoms with Crippen molar-refractivity contribution in [2.24, 2.45) is 5.73 Å². The standard InChI is InChI=1S/C10H15NO/c1-8(12-9(2)11)10-6-4-3-5-7-10/h3-9H,11H2,1-2H3. The molecule has 2 N–H and O–H groups in total. The first-order valence-electron chi connectivity index (χ1n) is 4.16. The molecule has 0 radical (unpaired) electrons. The van der Waals surface area contributed by atoms with E-state index >= 15 is 0 Å². The summed E-state index contributed by atoms with van der Waals surface area (Å²) in [5.74, 6) is 0. The summed E-state index contributed by atoms with van der Waals surface area (Å²) in [7, 11) is 0. The number of nitrogens with two attached hydrogens (primary N) is 1. The van der Waals surface area contributed by atoms with Crippen molar-refractivity contribution in [2.45, 2.75) is 26.2 Å². The third-order valence-corrected chi connectivity index (χ3v) is 1.69. The van der Waals surface area contributed by atoms with Crippen molar-refractivity contribution in [1.29, 1.82) is 0 Å². The smallest absolute Gasteiger partial charge is 0.103 e. The molecule has 66 valence electrons. The highest BCUT2D eigenvalue weighted by Crippen LogP contribution is 2.16. The number of rotatable bonds is 3. The molecule has 2 heteroatoms. The molecule has 0 aliphatic carbocycles. The summed E-state index contributed by atoms with van der Waals surface area (Å²) in [6, 6.07) is 10.1. The van der Waals surface area contributed by atoms with Gasteiger partial charge in [0.05, 0.1) is 6.10 Å². The molecular formula is C10H15NO. The van der Waals surface area contributed by atoms with Gasteiger partial charge in [-0.05, 0) is 19.4 Å². The van der Waals surface area contributed by atoms with Crippen LogP contribution in [0.25, 0.3) is 0 Å². The highest BCUT2D eigenvalue weighted by Gasteiger charge is 2.05. The number of benzene rings is 1. The molecule has 1 aromatic rings. The largest absolute Gasteiger partial charge is 0.356 e. The summed E-state index contributed by atoms with van der Waals surface area (Å²) in [5.41, 5.74) is 6.67. The summed E-state index contributed by atoms with van der Waals surface area (Å²) in [5, 5.41) is 0. The Balaban J connectivity index is 2.59. The van der Waals surface area contributed by atoms with Crippen LogP contribution in [-0.4, -0.2) is 6.23 Å². The highest BCUT2D eigenvalue weighted by atomic mass is 16.5. The van der Waals surface area contributed by atoms with Gasteiger partial charge in [0.25, 0.3) is 0 Å². The maximum Gasteiger partial charge on any atom is 0.103 e. The molecule has 0 aromatic heterocycles. The Kier molecular flexibility index (Phi) is 3.26. The lowest BCUT2D eigenvalue weighted by atomic mass is 10.1. The molecule has 0 fully saturated rings. The van der Waals surface area contributed by atoms with Crippen molar-refractivity contribution >= 4 is 0 Å². The van der Waals surface area contributed by atoms with Gasteiger partial charge in [0.1, 0.15) is 6.23 Å². The van der Waals surface area contributed by atoms with E-state index in [1.807, 2.05) is 44.2 Å². The maximum absolute atomic E-state index is 5.51. The van der Waals surface area contributed by atoms with Crippen LogP contribution in [0.3, 0.4) is 0 Å². The SMILES string of the molecule is CC(N)OC(C)c1ccccc1. The van der Waals surface area contributed by atoms with E-state index in [2.05, 4.69) is 0 Å². The molecule has 0 heterocycles. The summed E-state index contributed by atoms with van der Waals surface area (Å²) >= 11 is 0. The third kappa shape index (κ3) is 2.64. The Bertz CT molecular complexity index is 221. The molecule has 2 nitrogen and oxygen atoms in total. The van der Waals surface area contributed by atoms with Gasteiger partial charge in [-0.15, -0.1) is 0 Å². The molecule has 0 saturated heterocycles. The molecule has 2 unspecified atom stereocenters. The quantitative estimate of drug-likeness (QED) is 0.696. The summed E-state index contributed by atoms with van der Waals surface area (Å²) in [4.78, 5) is 0. The average molecular weight is 165 g/mol. The fourth-order valence-corrected chi connectivity index (χ4v) is 1.12. The van der Waals surface area contributed by atoms with Crippen molar-refractivity contribution < 1.29 is 4.74 Å². The van der Waals surface area contributed by atoms with Gasteiger partial charge in [-0.25, -0.2) is 0 Å². The first-order chi connectivity index (χ1) is 5.70. The minimum absolute atomic E-state index is 0.0752. The van der Waals surface area contributed by atoms with E-state index < -0.39 is 0 Å². The van der Waals surface area contributed by atoms with Gasteiger partial charge < -0.3 is 10.5 Å². The molecule has 1 rings (SSSR count). The van der Waals surface area contributed by atoms with Crippen molar-refractivity contribution in [3.8, 4) is 0 Å². The molecule has 12 heavy (non-hydrogen) atoms. The Morgan fingerprint density at radius 2 is 1.75 bits per heavy atom. The Hall–Kier alpha value is -0.860. The van der Waals surface area contributed by atoms with E-state index in [1.54, 1.807) is 0 Å². The van der Waals surface area contributed by atoms with Gasteiger partial charge in [0, 0.05) is 0 Å². The number of hydrogen-bond acceptors (Lipinski definition) is 2. The van der Waals surface area contributed by atoms with Gasteiger partial charge in [-0.3, -0.25) is 0 Å². The van der Waals surface area contributed by atoms with Gasteiger partial charge >= 0.3 is 0 Å². The minimum atomic E-state index is -0.208. The van der Waals surface area contributed by atoms with E-state index in [0.29, 0.717) is 0 Å². The third-order valence-electron chi connectivity index (χ3n) is 1.69. The van der Waals surface area contributed by atoms with Crippen molar-refractivity contribution in [2.75, 3.05) is 0 Å². The van der Waals surface area contributed by atoms with Crippen LogP contribution in [-0.2, 0) is 4.74 Å². The highest BCUT2D eigenvalue weighted by molar-refractivity contribution is 5.16. The zero-order valence-electron chi connectivity index (χ0n) is 7.53. The van der Waals surface area contributed by atoms with Crippen molar-refractivity contribution in [1.82, 2.24) is 0 Å². The van der Waals surface area contributed by atoms with Gasteiger partial charge in [-0.1, -0.05) is 30.3 Å². The monoisotopic (exact) mass is 165 g/mol. The number of ether oxygens (including phenoxy) is 1. The summed E-state index contributed by atoms with van der Waals surface area (Å²) < 4.78 is 5.41. The van der Waals surface area contributed by atoms with Gasteiger partial charge in [0.2, 0.25) is 0 Å². The molecule has 0 bridgehead atoms. The van der Waals surface area contributed by atoms with E-state index in [4.69, 9.17) is 10.5 Å². The summed E-state index contributed by atoms with van der Waals surface area (Å²) in [6.07, 6.45) is -0.133. The molecule has 0 aliphatic heterocycles. The molecule has 0 spiro atoms. The zero-order valence-corrected chi connectivity index (χ0v) is 7.53. The Morgan fingerprint density at radius 1 is 1.17 bits per heavy atom. The molecule has 1 aromatic carbocycles. The van der Waals surface area contributed by atoms with E-state index in [9.17, 15) is 0 Å². The normalized spacial score (nSPS) is 15.6. The van der Waals surface area contributed by atoms with Crippen LogP contribution in [0.5, 0.6) is 0 Å². The van der Waals surface area contributed by atoms with E-state index in [1.165, 1.54) is 0 Å². The molecule has 2 atom stereocenters. The van der Waals surface area contributed by atoms with Crippen molar-refractivity contribution in [3.63, 3.8) is 0 Å². The van der Waals surface area contributed by atoms with Gasteiger partial charge in [0.15, 0.2) is 0 Å². The predicted molar refractivity (Wildman–Crippen MR) is 49.6 cm³/mol. The first kappa shape index (κ1) is 9.23. The Labute approximate surface area is 73.3 Å². The predicted octanol–water partition coefficient (Wildman–Crippen LogP) is 2.07. The molecule has 0 aliphatic rings. The Morgan fingerprint density at radius 3 is 2.25 bits per heavy atom. The van der Waals surface area contributed by atoms with Crippen LogP contribution in [0.15, 0.2) is 30.3 Å².